The topological polar surface area (TPSA) is 294 Å². The third-order valence-electron chi connectivity index (χ3n) is 8.26. The van der Waals surface area contributed by atoms with Crippen LogP contribution in [0.3, 0.4) is 0 Å². The van der Waals surface area contributed by atoms with Crippen molar-refractivity contribution < 1.29 is 57.3 Å². The van der Waals surface area contributed by atoms with Crippen LogP contribution in [0.25, 0.3) is 0 Å². The van der Waals surface area contributed by atoms with Gasteiger partial charge >= 0.3 is 16.1 Å². The third kappa shape index (κ3) is 6.22. The number of carbonyl (C=O) groups excluding carboxylic acids is 3. The number of benzene rings is 1. The number of fused-ring (bicyclic) bond motifs is 3. The summed E-state index contributed by atoms with van der Waals surface area (Å²) >= 11 is 0. The van der Waals surface area contributed by atoms with Gasteiger partial charge in [-0.05, 0) is 51.8 Å². The highest BCUT2D eigenvalue weighted by atomic mass is 32.3. The number of rotatable bonds is 7. The van der Waals surface area contributed by atoms with E-state index in [-0.39, 0.29) is 30.1 Å². The van der Waals surface area contributed by atoms with Gasteiger partial charge in [0.05, 0.1) is 22.2 Å². The summed E-state index contributed by atoms with van der Waals surface area (Å²) in [5.74, 6) is -8.26. The van der Waals surface area contributed by atoms with E-state index in [1.807, 2.05) is 13.8 Å². The smallest absolute Gasteiger partial charge is 0.394 e. The molecule has 1 aromatic rings. The number of ketones is 2. The van der Waals surface area contributed by atoms with Gasteiger partial charge in [0, 0.05) is 30.6 Å². The minimum atomic E-state index is -4.67. The Balaban J connectivity index is 0.00000102. The van der Waals surface area contributed by atoms with Crippen molar-refractivity contribution in [2.45, 2.75) is 50.8 Å². The highest BCUT2D eigenvalue weighted by Crippen LogP contribution is 2.54. The fourth-order valence-electron chi connectivity index (χ4n) is 6.21. The SMILES string of the molecule is CCC(C)NN(C)c1cc([N+](=O)[O-])c(O)c2c1CC1CC3[C@H](N(C)C)C(O)=C(C(N)=O)C(=O)[C@@]3(O)C(O)=C1C2=O.O=S(=O)(O)O. The maximum atomic E-state index is 13.9. The molecule has 45 heavy (non-hydrogen) atoms. The molecule has 4 rings (SSSR count). The molecule has 3 aliphatic carbocycles. The van der Waals surface area contributed by atoms with Gasteiger partial charge in [-0.3, -0.25) is 38.5 Å². The number of aliphatic hydroxyl groups is 3. The predicted octanol–water partition coefficient (Wildman–Crippen LogP) is 0.115. The normalized spacial score (nSPS) is 25.1. The van der Waals surface area contributed by atoms with Crippen molar-refractivity contribution >= 4 is 39.2 Å². The second kappa shape index (κ2) is 12.3. The summed E-state index contributed by atoms with van der Waals surface area (Å²) in [7, 11) is 0.0295. The Labute approximate surface area is 257 Å². The highest BCUT2D eigenvalue weighted by molar-refractivity contribution is 7.79. The molecule has 0 spiro atoms. The number of phenols is 1. The Morgan fingerprint density at radius 2 is 1.78 bits per heavy atom. The molecule has 1 aromatic carbocycles. The van der Waals surface area contributed by atoms with Gasteiger partial charge in [-0.15, -0.1) is 0 Å². The number of aromatic hydroxyl groups is 1. The molecule has 3 aliphatic rings. The lowest BCUT2D eigenvalue weighted by Crippen LogP contribution is -2.63. The molecular weight excluding hydrogens is 622 g/mol. The molecule has 0 bridgehead atoms. The number of nitro benzene ring substituents is 1. The molecule has 248 valence electrons. The largest absolute Gasteiger partial charge is 0.510 e. The summed E-state index contributed by atoms with van der Waals surface area (Å²) in [4.78, 5) is 51.8. The number of hydrogen-bond acceptors (Lipinski definition) is 14. The van der Waals surface area contributed by atoms with Crippen molar-refractivity contribution in [3.63, 3.8) is 0 Å². The van der Waals surface area contributed by atoms with Crippen molar-refractivity contribution in [2.24, 2.45) is 17.6 Å². The number of nitrogens with two attached hydrogens (primary N) is 1. The number of hydrazine groups is 1. The number of Topliss-reactive ketones (excluding diaryl/α,β-unsaturated/α-hetero) is 2. The maximum Gasteiger partial charge on any atom is 0.394 e. The summed E-state index contributed by atoms with van der Waals surface area (Å²) in [6.45, 7) is 3.83. The van der Waals surface area contributed by atoms with Crippen molar-refractivity contribution in [1.82, 2.24) is 10.3 Å². The van der Waals surface area contributed by atoms with E-state index < -0.39 is 95.9 Å². The van der Waals surface area contributed by atoms with Crippen LogP contribution in [0.5, 0.6) is 5.75 Å². The number of nitrogens with one attached hydrogen (secondary N) is 1. The molecule has 0 heterocycles. The Morgan fingerprint density at radius 1 is 1.22 bits per heavy atom. The fourth-order valence-corrected chi connectivity index (χ4v) is 6.21. The second-order valence-electron chi connectivity index (χ2n) is 11.3. The molecule has 0 aliphatic heterocycles. The molecule has 0 saturated carbocycles. The number of anilines is 1. The minimum Gasteiger partial charge on any atom is -0.510 e. The molecule has 0 fully saturated rings. The molecule has 0 saturated heterocycles. The van der Waals surface area contributed by atoms with Crippen molar-refractivity contribution in [3.8, 4) is 5.75 Å². The first-order valence-corrected chi connectivity index (χ1v) is 14.9. The molecule has 0 aromatic heterocycles. The predicted molar refractivity (Wildman–Crippen MR) is 156 cm³/mol. The van der Waals surface area contributed by atoms with Crippen molar-refractivity contribution in [1.29, 1.82) is 0 Å². The van der Waals surface area contributed by atoms with Crippen molar-refractivity contribution in [2.75, 3.05) is 26.2 Å². The average molecular weight is 658 g/mol. The van der Waals surface area contributed by atoms with Crippen molar-refractivity contribution in [3.05, 3.63) is 50.0 Å². The summed E-state index contributed by atoms with van der Waals surface area (Å²) in [5, 5.41) is 58.1. The molecule has 5 atom stereocenters. The molecule has 19 heteroatoms. The summed E-state index contributed by atoms with van der Waals surface area (Å²) < 4.78 is 31.6. The van der Waals surface area contributed by atoms with Gasteiger partial charge < -0.3 is 31.2 Å². The van der Waals surface area contributed by atoms with E-state index in [0.717, 1.165) is 12.5 Å². The van der Waals surface area contributed by atoms with E-state index in [4.69, 9.17) is 23.3 Å². The average Bonchev–Trinajstić information content (AvgIpc) is 2.89. The van der Waals surface area contributed by atoms with E-state index in [9.17, 15) is 44.9 Å². The Bertz CT molecular complexity index is 1630. The molecule has 1 amide bonds. The first-order chi connectivity index (χ1) is 20.6. The first-order valence-electron chi connectivity index (χ1n) is 13.5. The molecular formula is C26H35N5O13S. The highest BCUT2D eigenvalue weighted by Gasteiger charge is 2.63. The number of likely N-dealkylation sites (N-methyl/N-ethyl adjacent to an activating group) is 1. The monoisotopic (exact) mass is 657 g/mol. The standard InChI is InChI=1S/C26H33N5O9.H2O4S/c1-6-10(2)28-30(5)14-9-15(31(39)40)20(32)17-12(14)7-11-8-13-19(29(3)4)22(34)18(25(27)37)24(36)26(13,38)23(35)16(11)21(17)33;1-5(2,3)4/h9-11,13,19,28,32,34-35,38H,6-8H2,1-5H3,(H2,27,37);(H2,1,2,3,4)/t10?,11?,13?,19-,26-;/m0./s1. The number of amides is 1. The van der Waals surface area contributed by atoms with Gasteiger partial charge in [-0.1, -0.05) is 6.92 Å². The molecule has 0 radical (unpaired) electrons. The van der Waals surface area contributed by atoms with Gasteiger partial charge in [0.1, 0.15) is 17.1 Å². The van der Waals surface area contributed by atoms with Crippen LogP contribution < -0.4 is 16.2 Å². The van der Waals surface area contributed by atoms with E-state index in [1.165, 1.54) is 24.0 Å². The number of hydrogen-bond donors (Lipinski definition) is 8. The second-order valence-corrected chi connectivity index (χ2v) is 12.2. The summed E-state index contributed by atoms with van der Waals surface area (Å²) in [5.41, 5.74) is 3.77. The lowest BCUT2D eigenvalue weighted by Gasteiger charge is -2.50. The number of aliphatic hydroxyl groups excluding tert-OH is 2. The summed E-state index contributed by atoms with van der Waals surface area (Å²) in [6, 6.07) is -0.00411. The van der Waals surface area contributed by atoms with Gasteiger partial charge in [0.25, 0.3) is 5.91 Å². The number of nitro groups is 1. The lowest BCUT2D eigenvalue weighted by molar-refractivity contribution is -0.385. The van der Waals surface area contributed by atoms with Crippen LogP contribution in [0.15, 0.2) is 28.7 Å². The van der Waals surface area contributed by atoms with Gasteiger partial charge in [-0.25, -0.2) is 5.43 Å². The quantitative estimate of drug-likeness (QED) is 0.0835. The van der Waals surface area contributed by atoms with Gasteiger partial charge in [0.15, 0.2) is 11.4 Å². The van der Waals surface area contributed by atoms with Crippen LogP contribution in [-0.2, 0) is 26.4 Å². The van der Waals surface area contributed by atoms with E-state index in [0.29, 0.717) is 0 Å². The fraction of sp³-hybridized carbons (Fsp3) is 0.500. The minimum absolute atomic E-state index is 0.00194. The molecule has 3 unspecified atom stereocenters. The number of allylic oxidation sites excluding steroid dienone is 1. The first kappa shape index (κ1) is 35.3. The molecule has 9 N–H and O–H groups in total. The zero-order chi connectivity index (χ0) is 34.5. The van der Waals surface area contributed by atoms with Crippen LogP contribution in [0.2, 0.25) is 0 Å². The van der Waals surface area contributed by atoms with Crippen LogP contribution >= 0.6 is 0 Å². The lowest BCUT2D eigenvalue weighted by atomic mass is 9.58. The number of nitrogens with zero attached hydrogens (tertiary/aromatic N) is 3. The zero-order valence-electron chi connectivity index (χ0n) is 24.9. The Morgan fingerprint density at radius 3 is 2.24 bits per heavy atom. The summed E-state index contributed by atoms with van der Waals surface area (Å²) in [6.07, 6.45) is 0.632. The number of primary amides is 1. The van der Waals surface area contributed by atoms with E-state index >= 15 is 0 Å². The Kier molecular flexibility index (Phi) is 9.69. The van der Waals surface area contributed by atoms with E-state index in [1.54, 1.807) is 7.05 Å². The van der Waals surface area contributed by atoms with Crippen LogP contribution in [0.4, 0.5) is 11.4 Å². The van der Waals surface area contributed by atoms with Gasteiger partial charge in [-0.2, -0.15) is 8.42 Å². The third-order valence-corrected chi connectivity index (χ3v) is 8.26. The van der Waals surface area contributed by atoms with Gasteiger partial charge in [0.2, 0.25) is 11.5 Å². The van der Waals surface area contributed by atoms with E-state index in [2.05, 4.69) is 5.43 Å². The Hall–Kier alpha value is -4.14. The molecule has 18 nitrogen and oxygen atoms in total. The van der Waals surface area contributed by atoms with Crippen LogP contribution in [-0.4, -0.2) is 104 Å². The van der Waals surface area contributed by atoms with Crippen LogP contribution in [0.1, 0.15) is 42.6 Å². The zero-order valence-corrected chi connectivity index (χ0v) is 25.7. The maximum absolute atomic E-state index is 13.9. The van der Waals surface area contributed by atoms with Crippen LogP contribution in [0, 0.1) is 22.0 Å². The number of carbonyl (C=O) groups is 3. The number of phenolic OH excluding ortho intramolecular Hbond substituents is 1.